The molecule has 1 aliphatic rings. The van der Waals surface area contributed by atoms with Crippen LogP contribution in [0.2, 0.25) is 0 Å². The van der Waals surface area contributed by atoms with Crippen molar-refractivity contribution < 1.29 is 9.15 Å². The van der Waals surface area contributed by atoms with Crippen LogP contribution in [0.4, 0.5) is 11.5 Å². The summed E-state index contributed by atoms with van der Waals surface area (Å²) in [7, 11) is 1.71. The van der Waals surface area contributed by atoms with Gasteiger partial charge in [-0.25, -0.2) is 4.98 Å². The van der Waals surface area contributed by atoms with Crippen LogP contribution in [0, 0.1) is 0 Å². The van der Waals surface area contributed by atoms with Gasteiger partial charge >= 0.3 is 0 Å². The molecule has 31 heavy (non-hydrogen) atoms. The second-order valence-electron chi connectivity index (χ2n) is 7.34. The molecule has 0 fully saturated rings. The van der Waals surface area contributed by atoms with Crippen LogP contribution >= 0.6 is 0 Å². The molecule has 1 aliphatic heterocycles. The zero-order valence-corrected chi connectivity index (χ0v) is 17.6. The molecule has 0 radical (unpaired) electrons. The Morgan fingerprint density at radius 2 is 1.97 bits per heavy atom. The Morgan fingerprint density at radius 1 is 1.10 bits per heavy atom. The van der Waals surface area contributed by atoms with Gasteiger partial charge in [-0.2, -0.15) is 4.98 Å². The predicted molar refractivity (Wildman–Crippen MR) is 115 cm³/mol. The molecule has 0 aromatic carbocycles. The third kappa shape index (κ3) is 3.70. The average Bonchev–Trinajstić information content (AvgIpc) is 3.45. The first-order chi connectivity index (χ1) is 15.3. The zero-order chi connectivity index (χ0) is 21.2. The maximum absolute atomic E-state index is 5.72. The SMILES string of the molecule is CCc1nnc(CN2CCN(CCOC)c3nc(-n4ccc5cnccc54)ncc32)o1. The average molecular weight is 420 g/mol. The predicted octanol–water partition coefficient (Wildman–Crippen LogP) is 2.23. The second kappa shape index (κ2) is 8.31. The van der Waals surface area contributed by atoms with E-state index in [0.717, 1.165) is 48.5 Å². The van der Waals surface area contributed by atoms with Crippen molar-refractivity contribution in [2.75, 3.05) is 43.2 Å². The summed E-state index contributed by atoms with van der Waals surface area (Å²) in [5, 5.41) is 9.30. The number of aromatic nitrogens is 6. The summed E-state index contributed by atoms with van der Waals surface area (Å²) < 4.78 is 13.0. The summed E-state index contributed by atoms with van der Waals surface area (Å²) in [6.07, 6.45) is 8.19. The molecule has 0 unspecified atom stereocenters. The third-order valence-corrected chi connectivity index (χ3v) is 5.43. The number of pyridine rings is 1. The van der Waals surface area contributed by atoms with Gasteiger partial charge in [-0.1, -0.05) is 6.92 Å². The lowest BCUT2D eigenvalue weighted by atomic mass is 10.2. The smallest absolute Gasteiger partial charge is 0.236 e. The molecular formula is C21H24N8O2. The molecule has 0 N–H and O–H groups in total. The highest BCUT2D eigenvalue weighted by atomic mass is 16.5. The van der Waals surface area contributed by atoms with Gasteiger partial charge in [0.2, 0.25) is 17.7 Å². The summed E-state index contributed by atoms with van der Waals surface area (Å²) in [6, 6.07) is 3.98. The maximum atomic E-state index is 5.72. The van der Waals surface area contributed by atoms with Crippen molar-refractivity contribution >= 4 is 22.4 Å². The van der Waals surface area contributed by atoms with Crippen LogP contribution in [-0.2, 0) is 17.7 Å². The lowest BCUT2D eigenvalue weighted by Crippen LogP contribution is -2.43. The Morgan fingerprint density at radius 3 is 2.81 bits per heavy atom. The summed E-state index contributed by atoms with van der Waals surface area (Å²) in [5.41, 5.74) is 1.96. The lowest BCUT2D eigenvalue weighted by molar-refractivity contribution is 0.205. The van der Waals surface area contributed by atoms with E-state index in [1.54, 1.807) is 13.3 Å². The van der Waals surface area contributed by atoms with E-state index >= 15 is 0 Å². The van der Waals surface area contributed by atoms with Gasteiger partial charge in [-0.05, 0) is 12.1 Å². The van der Waals surface area contributed by atoms with Crippen LogP contribution in [0.15, 0.2) is 41.3 Å². The summed E-state index contributed by atoms with van der Waals surface area (Å²) >= 11 is 0. The van der Waals surface area contributed by atoms with E-state index in [2.05, 4.69) is 30.0 Å². The fourth-order valence-corrected chi connectivity index (χ4v) is 3.80. The van der Waals surface area contributed by atoms with E-state index in [0.29, 0.717) is 30.9 Å². The van der Waals surface area contributed by atoms with E-state index in [-0.39, 0.29) is 0 Å². The molecule has 0 bridgehead atoms. The van der Waals surface area contributed by atoms with E-state index in [1.165, 1.54) is 0 Å². The van der Waals surface area contributed by atoms with Crippen LogP contribution in [0.1, 0.15) is 18.7 Å². The highest BCUT2D eigenvalue weighted by molar-refractivity contribution is 5.80. The molecule has 0 spiro atoms. The van der Waals surface area contributed by atoms with Crippen LogP contribution in [0.25, 0.3) is 16.9 Å². The number of hydrogen-bond acceptors (Lipinski definition) is 9. The van der Waals surface area contributed by atoms with Crippen LogP contribution in [0.3, 0.4) is 0 Å². The highest BCUT2D eigenvalue weighted by Gasteiger charge is 2.26. The fourth-order valence-electron chi connectivity index (χ4n) is 3.80. The van der Waals surface area contributed by atoms with Crippen LogP contribution < -0.4 is 9.80 Å². The fraction of sp³-hybridized carbons (Fsp3) is 0.381. The van der Waals surface area contributed by atoms with E-state index in [4.69, 9.17) is 14.1 Å². The van der Waals surface area contributed by atoms with Gasteiger partial charge in [0.1, 0.15) is 0 Å². The first-order valence-corrected chi connectivity index (χ1v) is 10.4. The largest absolute Gasteiger partial charge is 0.423 e. The summed E-state index contributed by atoms with van der Waals surface area (Å²) in [4.78, 5) is 18.2. The Labute approximate surface area is 179 Å². The molecule has 5 heterocycles. The van der Waals surface area contributed by atoms with Crippen LogP contribution in [-0.4, -0.2) is 63.1 Å². The van der Waals surface area contributed by atoms with Crippen molar-refractivity contribution in [2.24, 2.45) is 0 Å². The Bertz CT molecular complexity index is 1190. The van der Waals surface area contributed by atoms with E-state index in [1.807, 2.05) is 42.2 Å². The topological polar surface area (TPSA) is 98.2 Å². The van der Waals surface area contributed by atoms with E-state index < -0.39 is 0 Å². The first kappa shape index (κ1) is 19.4. The van der Waals surface area contributed by atoms with Gasteiger partial charge in [-0.3, -0.25) is 9.55 Å². The van der Waals surface area contributed by atoms with Gasteiger partial charge in [0, 0.05) is 57.1 Å². The molecule has 0 atom stereocenters. The van der Waals surface area contributed by atoms with Gasteiger partial charge in [0.15, 0.2) is 5.82 Å². The third-order valence-electron chi connectivity index (χ3n) is 5.43. The van der Waals surface area contributed by atoms with Crippen molar-refractivity contribution in [1.29, 1.82) is 0 Å². The number of methoxy groups -OCH3 is 1. The first-order valence-electron chi connectivity index (χ1n) is 10.4. The minimum atomic E-state index is 0.527. The molecule has 160 valence electrons. The molecule has 0 saturated carbocycles. The maximum Gasteiger partial charge on any atom is 0.236 e. The number of hydrogen-bond donors (Lipinski definition) is 0. The zero-order valence-electron chi connectivity index (χ0n) is 17.6. The minimum absolute atomic E-state index is 0.527. The van der Waals surface area contributed by atoms with Gasteiger partial charge in [0.05, 0.1) is 30.6 Å². The molecule has 10 nitrogen and oxygen atoms in total. The van der Waals surface area contributed by atoms with Gasteiger partial charge < -0.3 is 19.0 Å². The number of rotatable bonds is 7. The molecule has 5 rings (SSSR count). The number of fused-ring (bicyclic) bond motifs is 2. The van der Waals surface area contributed by atoms with Crippen molar-refractivity contribution in [1.82, 2.24) is 29.7 Å². The quantitative estimate of drug-likeness (QED) is 0.446. The number of aryl methyl sites for hydroxylation is 1. The Kier molecular flexibility index (Phi) is 5.21. The number of nitrogens with zero attached hydrogens (tertiary/aromatic N) is 8. The molecule has 10 heteroatoms. The monoisotopic (exact) mass is 420 g/mol. The molecule has 0 amide bonds. The van der Waals surface area contributed by atoms with Crippen molar-refractivity contribution in [3.63, 3.8) is 0 Å². The van der Waals surface area contributed by atoms with Crippen molar-refractivity contribution in [3.8, 4) is 5.95 Å². The van der Waals surface area contributed by atoms with Gasteiger partial charge in [0.25, 0.3) is 0 Å². The summed E-state index contributed by atoms with van der Waals surface area (Å²) in [5.74, 6) is 2.74. The number of ether oxygens (including phenoxy) is 1. The molecule has 4 aromatic rings. The van der Waals surface area contributed by atoms with E-state index in [9.17, 15) is 0 Å². The summed E-state index contributed by atoms with van der Waals surface area (Å²) in [6.45, 7) is 5.53. The normalized spacial score (nSPS) is 13.7. The minimum Gasteiger partial charge on any atom is -0.423 e. The van der Waals surface area contributed by atoms with Crippen molar-refractivity contribution in [3.05, 3.63) is 48.7 Å². The van der Waals surface area contributed by atoms with Crippen molar-refractivity contribution in [2.45, 2.75) is 19.9 Å². The molecule has 0 saturated heterocycles. The lowest BCUT2D eigenvalue weighted by Gasteiger charge is -2.37. The highest BCUT2D eigenvalue weighted by Crippen LogP contribution is 2.32. The Balaban J connectivity index is 1.51. The van der Waals surface area contributed by atoms with Gasteiger partial charge in [-0.15, -0.1) is 10.2 Å². The molecule has 4 aromatic heterocycles. The van der Waals surface area contributed by atoms with Crippen LogP contribution in [0.5, 0.6) is 0 Å². The standard InChI is InChI=1S/C21H24N8O2/c1-3-18-25-26-19(31-18)14-28-9-8-27(10-11-30-2)20-17(28)13-23-21(24-20)29-7-5-15-12-22-6-4-16(15)29/h4-7,12-13H,3,8-11,14H2,1-2H3. The Hall–Kier alpha value is -3.53. The molecule has 0 aliphatic carbocycles. The second-order valence-corrected chi connectivity index (χ2v) is 7.34. The number of anilines is 2. The molecular weight excluding hydrogens is 396 g/mol.